The van der Waals surface area contributed by atoms with Gasteiger partial charge in [0, 0.05) is 33.3 Å². The Kier molecular flexibility index (Phi) is 6.63. The Bertz CT molecular complexity index is 701. The van der Waals surface area contributed by atoms with Gasteiger partial charge in [-0.15, -0.1) is 11.8 Å². The summed E-state index contributed by atoms with van der Waals surface area (Å²) in [7, 11) is -1.73. The summed E-state index contributed by atoms with van der Waals surface area (Å²) in [5.74, 6) is 0. The third-order valence-corrected chi connectivity index (χ3v) is 8.44. The Hall–Kier alpha value is -0.640. The molecule has 6 nitrogen and oxygen atoms in total. The van der Waals surface area contributed by atoms with E-state index in [1.54, 1.807) is 31.0 Å². The molecule has 2 aliphatic heterocycles. The number of likely N-dealkylation sites (tertiary alicyclic amines) is 1. The summed E-state index contributed by atoms with van der Waals surface area (Å²) < 4.78 is 38.8. The highest BCUT2D eigenvalue weighted by molar-refractivity contribution is 7.99. The van der Waals surface area contributed by atoms with E-state index in [9.17, 15) is 8.42 Å². The second kappa shape index (κ2) is 8.58. The normalized spacial score (nSPS) is 26.1. The molecule has 8 heteroatoms. The lowest BCUT2D eigenvalue weighted by atomic mass is 10.1. The summed E-state index contributed by atoms with van der Waals surface area (Å²) in [5.41, 5.74) is 0.854. The van der Waals surface area contributed by atoms with Crippen LogP contribution in [-0.4, -0.2) is 75.3 Å². The molecule has 1 unspecified atom stereocenters. The SMILES string of the molecule is COC1(SC)CCCN(Cc2ccccc2S(=O)(=O)N2CCOCC2)C1. The van der Waals surface area contributed by atoms with Crippen LogP contribution in [0.25, 0.3) is 0 Å². The van der Waals surface area contributed by atoms with E-state index in [-0.39, 0.29) is 4.93 Å². The van der Waals surface area contributed by atoms with Gasteiger partial charge in [-0.25, -0.2) is 8.42 Å². The standard InChI is InChI=1S/C18H28N2O4S2/c1-23-18(25-2)8-5-9-19(15-18)14-16-6-3-4-7-17(16)26(21,22)20-10-12-24-13-11-20/h3-4,6-7H,5,8-15H2,1-2H3. The predicted molar refractivity (Wildman–Crippen MR) is 104 cm³/mol. The predicted octanol–water partition coefficient (Wildman–Crippen LogP) is 2.01. The largest absolute Gasteiger partial charge is 0.379 e. The van der Waals surface area contributed by atoms with Crippen molar-refractivity contribution in [1.82, 2.24) is 9.21 Å². The Morgan fingerprint density at radius 3 is 2.65 bits per heavy atom. The third kappa shape index (κ3) is 4.26. The highest BCUT2D eigenvalue weighted by Crippen LogP contribution is 2.34. The second-order valence-electron chi connectivity index (χ2n) is 6.76. The van der Waals surface area contributed by atoms with Gasteiger partial charge in [0.25, 0.3) is 0 Å². The Morgan fingerprint density at radius 1 is 1.23 bits per heavy atom. The van der Waals surface area contributed by atoms with Crippen LogP contribution in [0.2, 0.25) is 0 Å². The first-order valence-electron chi connectivity index (χ1n) is 8.99. The molecule has 0 amide bonds. The topological polar surface area (TPSA) is 59.1 Å². The number of sulfonamides is 1. The van der Waals surface area contributed by atoms with Crippen LogP contribution in [0.3, 0.4) is 0 Å². The fourth-order valence-corrected chi connectivity index (χ4v) is 6.12. The van der Waals surface area contributed by atoms with E-state index in [0.717, 1.165) is 31.5 Å². The maximum atomic E-state index is 13.1. The number of benzene rings is 1. The molecule has 0 radical (unpaired) electrons. The van der Waals surface area contributed by atoms with Crippen molar-refractivity contribution >= 4 is 21.8 Å². The zero-order chi connectivity index (χ0) is 18.6. The van der Waals surface area contributed by atoms with Crippen LogP contribution in [-0.2, 0) is 26.0 Å². The summed E-state index contributed by atoms with van der Waals surface area (Å²) in [5, 5.41) is 0. The minimum Gasteiger partial charge on any atom is -0.379 e. The highest BCUT2D eigenvalue weighted by Gasteiger charge is 2.35. The van der Waals surface area contributed by atoms with Gasteiger partial charge >= 0.3 is 0 Å². The van der Waals surface area contributed by atoms with Crippen LogP contribution in [0, 0.1) is 0 Å². The third-order valence-electron chi connectivity index (χ3n) is 5.19. The molecule has 0 saturated carbocycles. The molecule has 0 N–H and O–H groups in total. The van der Waals surface area contributed by atoms with Crippen molar-refractivity contribution in [3.05, 3.63) is 29.8 Å². The number of hydrogen-bond acceptors (Lipinski definition) is 6. The number of ether oxygens (including phenoxy) is 2. The van der Waals surface area contributed by atoms with Gasteiger partial charge in [0.05, 0.1) is 18.1 Å². The van der Waals surface area contributed by atoms with E-state index < -0.39 is 10.0 Å². The maximum absolute atomic E-state index is 13.1. The van der Waals surface area contributed by atoms with E-state index in [0.29, 0.717) is 37.7 Å². The summed E-state index contributed by atoms with van der Waals surface area (Å²) >= 11 is 1.74. The van der Waals surface area contributed by atoms with E-state index >= 15 is 0 Å². The molecular weight excluding hydrogens is 372 g/mol. The smallest absolute Gasteiger partial charge is 0.243 e. The first-order valence-corrected chi connectivity index (χ1v) is 11.7. The fourth-order valence-electron chi connectivity index (χ4n) is 3.68. The molecule has 26 heavy (non-hydrogen) atoms. The minimum atomic E-state index is -3.49. The number of methoxy groups -OCH3 is 1. The number of rotatable bonds is 6. The first-order chi connectivity index (χ1) is 12.5. The molecule has 0 spiro atoms. The van der Waals surface area contributed by atoms with E-state index in [2.05, 4.69) is 11.2 Å². The molecule has 2 aliphatic rings. The van der Waals surface area contributed by atoms with Gasteiger partial charge in [0.2, 0.25) is 10.0 Å². The summed E-state index contributed by atoms with van der Waals surface area (Å²) in [6.07, 6.45) is 4.14. The average molecular weight is 401 g/mol. The van der Waals surface area contributed by atoms with Crippen molar-refractivity contribution in [3.63, 3.8) is 0 Å². The van der Waals surface area contributed by atoms with Crippen LogP contribution < -0.4 is 0 Å². The zero-order valence-electron chi connectivity index (χ0n) is 15.5. The van der Waals surface area contributed by atoms with Crippen molar-refractivity contribution in [2.24, 2.45) is 0 Å². The molecule has 2 fully saturated rings. The minimum absolute atomic E-state index is 0.198. The second-order valence-corrected chi connectivity index (χ2v) is 9.82. The lowest BCUT2D eigenvalue weighted by molar-refractivity contribution is 0.00194. The fraction of sp³-hybridized carbons (Fsp3) is 0.667. The first kappa shape index (κ1) is 20.1. The van der Waals surface area contributed by atoms with Crippen LogP contribution >= 0.6 is 11.8 Å². The Balaban J connectivity index is 1.81. The van der Waals surface area contributed by atoms with Crippen molar-refractivity contribution in [1.29, 1.82) is 0 Å². The molecule has 3 rings (SSSR count). The van der Waals surface area contributed by atoms with Gasteiger partial charge in [0.15, 0.2) is 0 Å². The lowest BCUT2D eigenvalue weighted by Crippen LogP contribution is -2.47. The van der Waals surface area contributed by atoms with Gasteiger partial charge < -0.3 is 9.47 Å². The summed E-state index contributed by atoms with van der Waals surface area (Å²) in [6.45, 7) is 4.12. The molecule has 0 aliphatic carbocycles. The molecule has 1 aromatic carbocycles. The maximum Gasteiger partial charge on any atom is 0.243 e. The number of thioether (sulfide) groups is 1. The molecule has 1 atom stereocenters. The van der Waals surface area contributed by atoms with Gasteiger partial charge in [-0.05, 0) is 37.3 Å². The lowest BCUT2D eigenvalue weighted by Gasteiger charge is -2.41. The van der Waals surface area contributed by atoms with Crippen molar-refractivity contribution < 1.29 is 17.9 Å². The van der Waals surface area contributed by atoms with Crippen LogP contribution in [0.5, 0.6) is 0 Å². The quantitative estimate of drug-likeness (QED) is 0.681. The number of nitrogens with zero attached hydrogens (tertiary/aromatic N) is 2. The molecule has 0 aromatic heterocycles. The monoisotopic (exact) mass is 400 g/mol. The molecule has 1 aromatic rings. The Morgan fingerprint density at radius 2 is 1.96 bits per heavy atom. The molecule has 0 bridgehead atoms. The van der Waals surface area contributed by atoms with Crippen LogP contribution in [0.15, 0.2) is 29.2 Å². The number of hydrogen-bond donors (Lipinski definition) is 0. The summed E-state index contributed by atoms with van der Waals surface area (Å²) in [6, 6.07) is 7.36. The van der Waals surface area contributed by atoms with Gasteiger partial charge in [0.1, 0.15) is 4.93 Å². The van der Waals surface area contributed by atoms with Crippen LogP contribution in [0.4, 0.5) is 0 Å². The van der Waals surface area contributed by atoms with Crippen LogP contribution in [0.1, 0.15) is 18.4 Å². The number of piperidine rings is 1. The van der Waals surface area contributed by atoms with Gasteiger partial charge in [-0.3, -0.25) is 4.90 Å². The van der Waals surface area contributed by atoms with Gasteiger partial charge in [-0.1, -0.05) is 18.2 Å². The van der Waals surface area contributed by atoms with E-state index in [1.807, 2.05) is 12.1 Å². The van der Waals surface area contributed by atoms with E-state index in [4.69, 9.17) is 9.47 Å². The average Bonchev–Trinajstić information content (AvgIpc) is 2.69. The molecular formula is C18H28N2O4S2. The van der Waals surface area contributed by atoms with Crippen molar-refractivity contribution in [2.45, 2.75) is 29.2 Å². The summed E-state index contributed by atoms with van der Waals surface area (Å²) in [4.78, 5) is 2.52. The molecule has 2 heterocycles. The van der Waals surface area contributed by atoms with E-state index in [1.165, 1.54) is 4.31 Å². The molecule has 146 valence electrons. The Labute approximate surface area is 160 Å². The molecule has 2 saturated heterocycles. The van der Waals surface area contributed by atoms with Crippen molar-refractivity contribution in [3.8, 4) is 0 Å². The van der Waals surface area contributed by atoms with Gasteiger partial charge in [-0.2, -0.15) is 4.31 Å². The highest BCUT2D eigenvalue weighted by atomic mass is 32.2. The zero-order valence-corrected chi connectivity index (χ0v) is 17.2. The van der Waals surface area contributed by atoms with Crippen molar-refractivity contribution in [2.75, 3.05) is 52.8 Å². The number of morpholine rings is 1.